The number of Topliss-reactive ketones (excluding diaryl/α,β-unsaturated/α-hetero) is 1. The number of imidazole rings is 1. The number of aromatic nitrogens is 3. The molecule has 0 spiro atoms. The number of thiophene rings is 1. The summed E-state index contributed by atoms with van der Waals surface area (Å²) in [5.41, 5.74) is 8.29. The van der Waals surface area contributed by atoms with Crippen molar-refractivity contribution in [1.29, 1.82) is 0 Å². The minimum atomic E-state index is -0.461. The van der Waals surface area contributed by atoms with Crippen molar-refractivity contribution in [2.45, 2.75) is 13.0 Å². The van der Waals surface area contributed by atoms with E-state index in [1.54, 1.807) is 39.5 Å². The predicted molar refractivity (Wildman–Crippen MR) is 146 cm³/mol. The quantitative estimate of drug-likeness (QED) is 0.225. The minimum Gasteiger partial charge on any atom is -0.378 e. The number of hydrogen-bond donors (Lipinski definition) is 3. The normalized spacial score (nSPS) is 10.9. The zero-order chi connectivity index (χ0) is 25.8. The Bertz CT molecular complexity index is 1570. The first-order valence-corrected chi connectivity index (χ1v) is 13.2. The highest BCUT2D eigenvalue weighted by atomic mass is 32.1. The van der Waals surface area contributed by atoms with Gasteiger partial charge in [0.15, 0.2) is 5.78 Å². The van der Waals surface area contributed by atoms with Gasteiger partial charge < -0.3 is 15.6 Å². The summed E-state index contributed by atoms with van der Waals surface area (Å²) in [6, 6.07) is 18.4. The van der Waals surface area contributed by atoms with Gasteiger partial charge in [-0.1, -0.05) is 36.4 Å². The summed E-state index contributed by atoms with van der Waals surface area (Å²) in [6.07, 6.45) is 0.0825. The number of carbonyl (C=O) groups is 3. The Balaban J connectivity index is 1.37. The predicted octanol–water partition coefficient (Wildman–Crippen LogP) is 4.64. The number of hydrogen-bond acceptors (Lipinski definition) is 8. The Morgan fingerprint density at radius 2 is 1.81 bits per heavy atom. The van der Waals surface area contributed by atoms with E-state index >= 15 is 0 Å². The summed E-state index contributed by atoms with van der Waals surface area (Å²) < 4.78 is 1.74. The first-order chi connectivity index (χ1) is 18.0. The number of primary amides is 1. The highest BCUT2D eigenvalue weighted by Crippen LogP contribution is 2.29. The van der Waals surface area contributed by atoms with Gasteiger partial charge in [0.25, 0.3) is 5.91 Å². The zero-order valence-corrected chi connectivity index (χ0v) is 21.1. The molecule has 9 nitrogen and oxygen atoms in total. The van der Waals surface area contributed by atoms with Gasteiger partial charge in [-0.2, -0.15) is 0 Å². The molecule has 0 atom stereocenters. The number of ketones is 1. The van der Waals surface area contributed by atoms with Crippen LogP contribution in [0.5, 0.6) is 0 Å². The van der Waals surface area contributed by atoms with Gasteiger partial charge in [-0.25, -0.2) is 9.97 Å². The molecule has 2 aromatic carbocycles. The maximum absolute atomic E-state index is 13.0. The first-order valence-electron chi connectivity index (χ1n) is 11.4. The molecular weight excluding hydrogens is 508 g/mol. The lowest BCUT2D eigenvalue weighted by Gasteiger charge is -2.09. The highest BCUT2D eigenvalue weighted by molar-refractivity contribution is 7.20. The molecule has 0 saturated heterocycles. The third-order valence-corrected chi connectivity index (χ3v) is 7.45. The third kappa shape index (κ3) is 5.57. The number of benzene rings is 2. The van der Waals surface area contributed by atoms with E-state index in [0.717, 1.165) is 9.88 Å². The maximum atomic E-state index is 13.0. The van der Waals surface area contributed by atoms with E-state index < -0.39 is 11.8 Å². The highest BCUT2D eigenvalue weighted by Gasteiger charge is 2.18. The molecular formula is C26H22N6O3S2. The summed E-state index contributed by atoms with van der Waals surface area (Å²) in [4.78, 5) is 46.9. The van der Waals surface area contributed by atoms with Gasteiger partial charge >= 0.3 is 0 Å². The van der Waals surface area contributed by atoms with Crippen molar-refractivity contribution in [2.24, 2.45) is 5.73 Å². The van der Waals surface area contributed by atoms with Crippen LogP contribution >= 0.6 is 22.7 Å². The number of amides is 2. The summed E-state index contributed by atoms with van der Waals surface area (Å²) in [5, 5.41) is 10.4. The molecule has 4 N–H and O–H groups in total. The van der Waals surface area contributed by atoms with Crippen molar-refractivity contribution >= 4 is 62.9 Å². The van der Waals surface area contributed by atoms with Crippen LogP contribution in [0.4, 0.5) is 11.6 Å². The Labute approximate surface area is 220 Å². The monoisotopic (exact) mass is 530 g/mol. The largest absolute Gasteiger partial charge is 0.378 e. The summed E-state index contributed by atoms with van der Waals surface area (Å²) in [7, 11) is 0. The van der Waals surface area contributed by atoms with Gasteiger partial charge in [0.2, 0.25) is 11.9 Å². The van der Waals surface area contributed by atoms with E-state index in [0.29, 0.717) is 22.3 Å². The van der Waals surface area contributed by atoms with Gasteiger partial charge in [-0.3, -0.25) is 19.7 Å². The molecule has 186 valence electrons. The molecule has 0 aliphatic rings. The van der Waals surface area contributed by atoms with E-state index in [4.69, 9.17) is 5.73 Å². The van der Waals surface area contributed by atoms with E-state index in [9.17, 15) is 14.4 Å². The Morgan fingerprint density at radius 1 is 0.973 bits per heavy atom. The Kier molecular flexibility index (Phi) is 7.06. The van der Waals surface area contributed by atoms with Crippen molar-refractivity contribution in [3.05, 3.63) is 82.7 Å². The average Bonchev–Trinajstić information content (AvgIpc) is 3.66. The zero-order valence-electron chi connectivity index (χ0n) is 19.5. The van der Waals surface area contributed by atoms with Crippen molar-refractivity contribution in [3.63, 3.8) is 0 Å². The van der Waals surface area contributed by atoms with Crippen LogP contribution in [-0.2, 0) is 11.3 Å². The number of nitrogens with one attached hydrogen (secondary N) is 2. The fraction of sp³-hybridized carbons (Fsp3) is 0.115. The average molecular weight is 531 g/mol. The Hall–Kier alpha value is -4.35. The smallest absolute Gasteiger partial charge is 0.277 e. The van der Waals surface area contributed by atoms with E-state index in [2.05, 4.69) is 20.6 Å². The second-order valence-electron chi connectivity index (χ2n) is 8.12. The standard InChI is InChI=1S/C26H22N6O3S2/c27-23(34)10-11-32-20-9-8-17(28-14-21(33)16-5-2-1-3-6-16)13-18(20)30-26(32)31-24(35)19-15-37-25(29-19)22-7-4-12-36-22/h1-9,12-13,15,28H,10-11,14H2,(H2,27,34)(H,30,31,35). The van der Waals surface area contributed by atoms with E-state index in [1.807, 2.05) is 47.8 Å². The molecule has 0 fully saturated rings. The molecule has 37 heavy (non-hydrogen) atoms. The number of aryl methyl sites for hydroxylation is 1. The number of carbonyl (C=O) groups excluding carboxylic acids is 3. The van der Waals surface area contributed by atoms with Crippen LogP contribution in [0.25, 0.3) is 20.9 Å². The van der Waals surface area contributed by atoms with Crippen molar-refractivity contribution < 1.29 is 14.4 Å². The molecule has 0 unspecified atom stereocenters. The van der Waals surface area contributed by atoms with Crippen molar-refractivity contribution in [3.8, 4) is 9.88 Å². The number of thiazole rings is 1. The molecule has 5 aromatic rings. The van der Waals surface area contributed by atoms with Crippen LogP contribution in [0.1, 0.15) is 27.3 Å². The van der Waals surface area contributed by atoms with Crippen molar-refractivity contribution in [2.75, 3.05) is 17.2 Å². The fourth-order valence-electron chi connectivity index (χ4n) is 3.75. The van der Waals surface area contributed by atoms with E-state index in [-0.39, 0.29) is 36.9 Å². The fourth-order valence-corrected chi connectivity index (χ4v) is 5.36. The summed E-state index contributed by atoms with van der Waals surface area (Å²) in [5.74, 6) is -0.617. The van der Waals surface area contributed by atoms with Crippen molar-refractivity contribution in [1.82, 2.24) is 14.5 Å². The van der Waals surface area contributed by atoms with Gasteiger partial charge in [0, 0.05) is 29.6 Å². The van der Waals surface area contributed by atoms with Crippen LogP contribution in [0.2, 0.25) is 0 Å². The van der Waals surface area contributed by atoms with E-state index in [1.165, 1.54) is 11.3 Å². The molecule has 0 aliphatic carbocycles. The number of anilines is 2. The molecule has 0 saturated carbocycles. The Morgan fingerprint density at radius 3 is 2.57 bits per heavy atom. The van der Waals surface area contributed by atoms with Gasteiger partial charge in [0.05, 0.1) is 22.5 Å². The van der Waals surface area contributed by atoms with Crippen LogP contribution < -0.4 is 16.4 Å². The molecule has 5 rings (SSSR count). The number of nitrogens with two attached hydrogens (primary N) is 1. The lowest BCUT2D eigenvalue weighted by atomic mass is 10.1. The molecule has 3 aromatic heterocycles. The molecule has 11 heteroatoms. The van der Waals surface area contributed by atoms with Gasteiger partial charge in [0.1, 0.15) is 10.7 Å². The maximum Gasteiger partial charge on any atom is 0.277 e. The molecule has 0 aliphatic heterocycles. The first kappa shape index (κ1) is 24.3. The number of rotatable bonds is 10. The summed E-state index contributed by atoms with van der Waals surface area (Å²) in [6.45, 7) is 0.371. The van der Waals surface area contributed by atoms with Gasteiger partial charge in [-0.05, 0) is 29.6 Å². The van der Waals surface area contributed by atoms with Crippen LogP contribution in [0.15, 0.2) is 71.4 Å². The minimum absolute atomic E-state index is 0.0363. The molecule has 3 heterocycles. The SMILES string of the molecule is NC(=O)CCn1c(NC(=O)c2csc(-c3cccs3)n2)nc2cc(NCC(=O)c3ccccc3)ccc21. The lowest BCUT2D eigenvalue weighted by molar-refractivity contribution is -0.118. The molecule has 2 amide bonds. The number of fused-ring (bicyclic) bond motifs is 1. The second-order valence-corrected chi connectivity index (χ2v) is 9.92. The van der Waals surface area contributed by atoms with Crippen LogP contribution in [0.3, 0.4) is 0 Å². The number of nitrogens with zero attached hydrogens (tertiary/aromatic N) is 3. The third-order valence-electron chi connectivity index (χ3n) is 5.57. The lowest BCUT2D eigenvalue weighted by Crippen LogP contribution is -2.19. The summed E-state index contributed by atoms with van der Waals surface area (Å²) >= 11 is 2.95. The van der Waals surface area contributed by atoms with Gasteiger partial charge in [-0.15, -0.1) is 22.7 Å². The van der Waals surface area contributed by atoms with Crippen LogP contribution in [-0.4, -0.2) is 38.7 Å². The topological polar surface area (TPSA) is 132 Å². The van der Waals surface area contributed by atoms with Crippen LogP contribution in [0, 0.1) is 0 Å². The molecule has 0 radical (unpaired) electrons. The molecule has 0 bridgehead atoms. The second kappa shape index (κ2) is 10.7.